The molecule has 2 rings (SSSR count). The molecule has 0 fully saturated rings. The molecule has 0 aliphatic carbocycles. The van der Waals surface area contributed by atoms with E-state index in [-0.39, 0.29) is 5.82 Å². The fraction of sp³-hybridized carbons (Fsp3) is 0.143. The third kappa shape index (κ3) is 3.46. The molecule has 2 aromatic rings. The van der Waals surface area contributed by atoms with Gasteiger partial charge in [-0.25, -0.2) is 4.39 Å². The number of anilines is 1. The Kier molecular flexibility index (Phi) is 3.99. The number of nitrogens with one attached hydrogen (secondary N) is 1. The lowest BCUT2D eigenvalue weighted by Gasteiger charge is -2.07. The molecular formula is C14H13ClFN. The van der Waals surface area contributed by atoms with Crippen LogP contribution < -0.4 is 5.32 Å². The van der Waals surface area contributed by atoms with Crippen molar-refractivity contribution >= 4 is 17.3 Å². The third-order valence-corrected chi connectivity index (χ3v) is 2.80. The summed E-state index contributed by atoms with van der Waals surface area (Å²) in [4.78, 5) is 0. The maximum atomic E-state index is 12.7. The van der Waals surface area contributed by atoms with Crippen LogP contribution in [0.4, 0.5) is 10.1 Å². The van der Waals surface area contributed by atoms with E-state index in [1.54, 1.807) is 12.1 Å². The van der Waals surface area contributed by atoms with E-state index < -0.39 is 0 Å². The minimum Gasteiger partial charge on any atom is -0.381 e. The van der Waals surface area contributed by atoms with Gasteiger partial charge in [-0.15, -0.1) is 11.6 Å². The van der Waals surface area contributed by atoms with Gasteiger partial charge < -0.3 is 5.32 Å². The van der Waals surface area contributed by atoms with Crippen LogP contribution in [0, 0.1) is 5.82 Å². The summed E-state index contributed by atoms with van der Waals surface area (Å²) in [5.74, 6) is 0.296. The van der Waals surface area contributed by atoms with E-state index in [0.717, 1.165) is 16.8 Å². The first-order valence-electron chi connectivity index (χ1n) is 5.41. The van der Waals surface area contributed by atoms with Crippen molar-refractivity contribution in [1.29, 1.82) is 0 Å². The molecule has 0 saturated heterocycles. The van der Waals surface area contributed by atoms with Gasteiger partial charge in [0.25, 0.3) is 0 Å². The molecule has 17 heavy (non-hydrogen) atoms. The summed E-state index contributed by atoms with van der Waals surface area (Å²) in [6, 6.07) is 14.4. The van der Waals surface area contributed by atoms with Crippen LogP contribution in [0.5, 0.6) is 0 Å². The molecular weight excluding hydrogens is 237 g/mol. The summed E-state index contributed by atoms with van der Waals surface area (Å²) >= 11 is 5.76. The number of hydrogen-bond acceptors (Lipinski definition) is 1. The molecule has 2 aromatic carbocycles. The highest BCUT2D eigenvalue weighted by Gasteiger charge is 1.96. The second kappa shape index (κ2) is 5.69. The van der Waals surface area contributed by atoms with Crippen molar-refractivity contribution in [2.24, 2.45) is 0 Å². The van der Waals surface area contributed by atoms with Crippen LogP contribution in [0.15, 0.2) is 48.5 Å². The fourth-order valence-electron chi connectivity index (χ4n) is 1.57. The predicted molar refractivity (Wildman–Crippen MR) is 69.7 cm³/mol. The van der Waals surface area contributed by atoms with Crippen LogP contribution in [-0.4, -0.2) is 0 Å². The summed E-state index contributed by atoms with van der Waals surface area (Å²) in [7, 11) is 0. The first kappa shape index (κ1) is 11.9. The minimum atomic E-state index is -0.210. The molecule has 0 bridgehead atoms. The van der Waals surface area contributed by atoms with Crippen LogP contribution in [0.3, 0.4) is 0 Å². The average Bonchev–Trinajstić information content (AvgIpc) is 2.38. The number of benzene rings is 2. The Morgan fingerprint density at radius 3 is 2.47 bits per heavy atom. The van der Waals surface area contributed by atoms with Crippen molar-refractivity contribution in [3.8, 4) is 0 Å². The quantitative estimate of drug-likeness (QED) is 0.802. The zero-order chi connectivity index (χ0) is 12.1. The van der Waals surface area contributed by atoms with E-state index in [1.807, 2.05) is 24.3 Å². The van der Waals surface area contributed by atoms with Gasteiger partial charge in [0.1, 0.15) is 5.82 Å². The van der Waals surface area contributed by atoms with Gasteiger partial charge in [0.05, 0.1) is 0 Å². The van der Waals surface area contributed by atoms with Crippen LogP contribution >= 0.6 is 11.6 Å². The van der Waals surface area contributed by atoms with Gasteiger partial charge >= 0.3 is 0 Å². The Hall–Kier alpha value is -1.54. The van der Waals surface area contributed by atoms with E-state index in [9.17, 15) is 4.39 Å². The molecule has 88 valence electrons. The molecule has 1 nitrogen and oxygen atoms in total. The van der Waals surface area contributed by atoms with Crippen molar-refractivity contribution in [2.45, 2.75) is 12.4 Å². The molecule has 0 aliphatic heterocycles. The van der Waals surface area contributed by atoms with Crippen LogP contribution in [0.2, 0.25) is 0 Å². The average molecular weight is 250 g/mol. The Morgan fingerprint density at radius 2 is 1.76 bits per heavy atom. The van der Waals surface area contributed by atoms with Gasteiger partial charge in [-0.05, 0) is 35.4 Å². The van der Waals surface area contributed by atoms with E-state index in [1.165, 1.54) is 12.1 Å². The first-order chi connectivity index (χ1) is 8.28. The molecule has 0 spiro atoms. The summed E-state index contributed by atoms with van der Waals surface area (Å²) in [6.45, 7) is 0.673. The molecule has 0 heterocycles. The minimum absolute atomic E-state index is 0.210. The fourth-order valence-corrected chi connectivity index (χ4v) is 1.74. The maximum Gasteiger partial charge on any atom is 0.123 e. The van der Waals surface area contributed by atoms with Gasteiger partial charge in [-0.1, -0.05) is 24.3 Å². The van der Waals surface area contributed by atoms with E-state index in [0.29, 0.717) is 12.4 Å². The van der Waals surface area contributed by atoms with Crippen LogP contribution in [0.25, 0.3) is 0 Å². The van der Waals surface area contributed by atoms with E-state index >= 15 is 0 Å². The zero-order valence-electron chi connectivity index (χ0n) is 9.29. The molecule has 0 aliphatic rings. The van der Waals surface area contributed by atoms with Gasteiger partial charge in [-0.3, -0.25) is 0 Å². The third-order valence-electron chi connectivity index (χ3n) is 2.49. The van der Waals surface area contributed by atoms with Gasteiger partial charge in [0.15, 0.2) is 0 Å². The van der Waals surface area contributed by atoms with Crippen LogP contribution in [-0.2, 0) is 12.4 Å². The normalized spacial score (nSPS) is 10.2. The number of hydrogen-bond donors (Lipinski definition) is 1. The standard InChI is InChI=1S/C14H13ClFN/c15-9-12-2-1-3-14(8-12)17-10-11-4-6-13(16)7-5-11/h1-8,17H,9-10H2. The molecule has 0 radical (unpaired) electrons. The van der Waals surface area contributed by atoms with Crippen molar-refractivity contribution in [3.63, 3.8) is 0 Å². The summed E-state index contributed by atoms with van der Waals surface area (Å²) in [5, 5.41) is 3.27. The molecule has 0 unspecified atom stereocenters. The first-order valence-corrected chi connectivity index (χ1v) is 5.94. The monoisotopic (exact) mass is 249 g/mol. The zero-order valence-corrected chi connectivity index (χ0v) is 10.0. The molecule has 0 aromatic heterocycles. The molecule has 0 atom stereocenters. The number of halogens is 2. The van der Waals surface area contributed by atoms with Crippen molar-refractivity contribution in [2.75, 3.05) is 5.32 Å². The SMILES string of the molecule is Fc1ccc(CNc2cccc(CCl)c2)cc1. The van der Waals surface area contributed by atoms with Gasteiger partial charge in [0.2, 0.25) is 0 Å². The highest BCUT2D eigenvalue weighted by Crippen LogP contribution is 2.13. The number of rotatable bonds is 4. The highest BCUT2D eigenvalue weighted by molar-refractivity contribution is 6.17. The largest absolute Gasteiger partial charge is 0.381 e. The summed E-state index contributed by atoms with van der Waals surface area (Å²) in [5.41, 5.74) is 3.14. The summed E-state index contributed by atoms with van der Waals surface area (Å²) in [6.07, 6.45) is 0. The topological polar surface area (TPSA) is 12.0 Å². The molecule has 0 amide bonds. The van der Waals surface area contributed by atoms with Crippen molar-refractivity contribution in [1.82, 2.24) is 0 Å². The number of alkyl halides is 1. The predicted octanol–water partition coefficient (Wildman–Crippen LogP) is 4.18. The second-order valence-corrected chi connectivity index (χ2v) is 4.08. The lowest BCUT2D eigenvalue weighted by Crippen LogP contribution is -1.99. The molecule has 1 N–H and O–H groups in total. The highest BCUT2D eigenvalue weighted by atomic mass is 35.5. The smallest absolute Gasteiger partial charge is 0.123 e. The van der Waals surface area contributed by atoms with Crippen molar-refractivity contribution < 1.29 is 4.39 Å². The Balaban J connectivity index is 1.99. The summed E-state index contributed by atoms with van der Waals surface area (Å²) < 4.78 is 12.7. The van der Waals surface area contributed by atoms with Gasteiger partial charge in [-0.2, -0.15) is 0 Å². The Labute approximate surface area is 105 Å². The van der Waals surface area contributed by atoms with E-state index in [2.05, 4.69) is 5.32 Å². The van der Waals surface area contributed by atoms with E-state index in [4.69, 9.17) is 11.6 Å². The Morgan fingerprint density at radius 1 is 1.00 bits per heavy atom. The lowest BCUT2D eigenvalue weighted by molar-refractivity contribution is 0.627. The lowest BCUT2D eigenvalue weighted by atomic mass is 10.2. The van der Waals surface area contributed by atoms with Crippen molar-refractivity contribution in [3.05, 3.63) is 65.5 Å². The molecule has 3 heteroatoms. The molecule has 0 saturated carbocycles. The maximum absolute atomic E-state index is 12.7. The second-order valence-electron chi connectivity index (χ2n) is 3.81. The van der Waals surface area contributed by atoms with Gasteiger partial charge in [0, 0.05) is 18.1 Å². The Bertz CT molecular complexity index is 482. The van der Waals surface area contributed by atoms with Crippen LogP contribution in [0.1, 0.15) is 11.1 Å².